The van der Waals surface area contributed by atoms with Crippen LogP contribution in [0.3, 0.4) is 0 Å². The summed E-state index contributed by atoms with van der Waals surface area (Å²) in [5, 5.41) is 3.15. The summed E-state index contributed by atoms with van der Waals surface area (Å²) in [5.74, 6) is 1.41. The van der Waals surface area contributed by atoms with Gasteiger partial charge in [0.2, 0.25) is 11.7 Å². The van der Waals surface area contributed by atoms with Crippen molar-refractivity contribution < 1.29 is 19.0 Å². The first-order valence-corrected chi connectivity index (χ1v) is 6.77. The summed E-state index contributed by atoms with van der Waals surface area (Å²) < 4.78 is 15.8. The van der Waals surface area contributed by atoms with Crippen molar-refractivity contribution >= 4 is 5.91 Å². The van der Waals surface area contributed by atoms with Crippen molar-refractivity contribution in [3.05, 3.63) is 17.7 Å². The summed E-state index contributed by atoms with van der Waals surface area (Å²) in [6.07, 6.45) is 0. The molecule has 1 amide bonds. The highest BCUT2D eigenvalue weighted by Gasteiger charge is 2.22. The van der Waals surface area contributed by atoms with Crippen molar-refractivity contribution in [2.75, 3.05) is 27.9 Å². The lowest BCUT2D eigenvalue weighted by Crippen LogP contribution is -2.35. The molecule has 0 aromatic heterocycles. The maximum atomic E-state index is 11.7. The number of carbonyl (C=O) groups excluding carboxylic acids is 1. The number of nitrogens with two attached hydrogens (primary N) is 1. The fourth-order valence-electron chi connectivity index (χ4n) is 2.00. The zero-order chi connectivity index (χ0) is 16.0. The van der Waals surface area contributed by atoms with Crippen molar-refractivity contribution in [1.82, 2.24) is 5.32 Å². The maximum absolute atomic E-state index is 11.7. The topological polar surface area (TPSA) is 82.8 Å². The van der Waals surface area contributed by atoms with Crippen molar-refractivity contribution in [3.63, 3.8) is 0 Å². The number of nitrogens with one attached hydrogen (secondary N) is 1. The number of methoxy groups -OCH3 is 3. The maximum Gasteiger partial charge on any atom is 0.239 e. The van der Waals surface area contributed by atoms with Crippen LogP contribution in [0.5, 0.6) is 17.2 Å². The molecule has 1 aromatic rings. The van der Waals surface area contributed by atoms with Crippen LogP contribution in [-0.2, 0) is 4.79 Å². The van der Waals surface area contributed by atoms with E-state index in [-0.39, 0.29) is 0 Å². The van der Waals surface area contributed by atoms with Crippen LogP contribution in [0.25, 0.3) is 0 Å². The molecule has 1 atom stereocenters. The summed E-state index contributed by atoms with van der Waals surface area (Å²) in [6.45, 7) is 4.78. The van der Waals surface area contributed by atoms with Crippen LogP contribution in [0.4, 0.5) is 0 Å². The fraction of sp³-hybridized carbons (Fsp3) is 0.533. The molecule has 6 heteroatoms. The van der Waals surface area contributed by atoms with E-state index in [1.165, 1.54) is 21.3 Å². The molecular weight excluding hydrogens is 272 g/mol. The molecule has 118 valence electrons. The van der Waals surface area contributed by atoms with Gasteiger partial charge in [0.15, 0.2) is 11.5 Å². The Balaban J connectivity index is 3.22. The Hall–Kier alpha value is -1.95. The lowest BCUT2D eigenvalue weighted by Gasteiger charge is -2.20. The highest BCUT2D eigenvalue weighted by molar-refractivity contribution is 5.82. The van der Waals surface area contributed by atoms with Gasteiger partial charge in [-0.15, -0.1) is 0 Å². The van der Waals surface area contributed by atoms with Crippen molar-refractivity contribution in [2.24, 2.45) is 11.7 Å². The molecule has 0 saturated heterocycles. The molecular formula is C15H24N2O4. The number of ether oxygens (including phenoxy) is 3. The fourth-order valence-corrected chi connectivity index (χ4v) is 2.00. The molecule has 1 unspecified atom stereocenters. The third-order valence-electron chi connectivity index (χ3n) is 3.04. The predicted octanol–water partition coefficient (Wildman–Crippen LogP) is 1.48. The van der Waals surface area contributed by atoms with Gasteiger partial charge in [0, 0.05) is 0 Å². The van der Waals surface area contributed by atoms with Gasteiger partial charge in [-0.3, -0.25) is 4.79 Å². The molecule has 0 aliphatic heterocycles. The normalized spacial score (nSPS) is 12.1. The number of primary amides is 1. The van der Waals surface area contributed by atoms with E-state index in [0.29, 0.717) is 35.3 Å². The third kappa shape index (κ3) is 4.26. The van der Waals surface area contributed by atoms with Gasteiger partial charge in [-0.25, -0.2) is 0 Å². The minimum absolute atomic E-state index is 0.397. The minimum Gasteiger partial charge on any atom is -0.493 e. The lowest BCUT2D eigenvalue weighted by atomic mass is 10.0. The average molecular weight is 296 g/mol. The van der Waals surface area contributed by atoms with Gasteiger partial charge < -0.3 is 25.3 Å². The summed E-state index contributed by atoms with van der Waals surface area (Å²) >= 11 is 0. The molecule has 21 heavy (non-hydrogen) atoms. The van der Waals surface area contributed by atoms with E-state index in [0.717, 1.165) is 0 Å². The molecule has 0 radical (unpaired) electrons. The van der Waals surface area contributed by atoms with Gasteiger partial charge in [-0.1, -0.05) is 13.8 Å². The molecule has 0 aliphatic carbocycles. The summed E-state index contributed by atoms with van der Waals surface area (Å²) in [5.41, 5.74) is 6.17. The molecule has 0 bridgehead atoms. The van der Waals surface area contributed by atoms with Gasteiger partial charge in [0.25, 0.3) is 0 Å². The molecule has 0 fully saturated rings. The van der Waals surface area contributed by atoms with Crippen LogP contribution in [0, 0.1) is 5.92 Å². The lowest BCUT2D eigenvalue weighted by molar-refractivity contribution is -0.120. The van der Waals surface area contributed by atoms with E-state index in [1.807, 2.05) is 0 Å². The second-order valence-corrected chi connectivity index (χ2v) is 5.10. The van der Waals surface area contributed by atoms with E-state index in [9.17, 15) is 4.79 Å². The largest absolute Gasteiger partial charge is 0.493 e. The Labute approximate surface area is 125 Å². The monoisotopic (exact) mass is 296 g/mol. The second kappa shape index (κ2) is 7.73. The van der Waals surface area contributed by atoms with Gasteiger partial charge in [0.05, 0.1) is 21.3 Å². The smallest absolute Gasteiger partial charge is 0.239 e. The van der Waals surface area contributed by atoms with Crippen molar-refractivity contribution in [3.8, 4) is 17.2 Å². The van der Waals surface area contributed by atoms with E-state index in [2.05, 4.69) is 19.2 Å². The third-order valence-corrected chi connectivity index (χ3v) is 3.04. The molecule has 6 nitrogen and oxygen atoms in total. The first-order valence-electron chi connectivity index (χ1n) is 6.77. The van der Waals surface area contributed by atoms with Gasteiger partial charge in [0.1, 0.15) is 6.04 Å². The summed E-state index contributed by atoms with van der Waals surface area (Å²) in [4.78, 5) is 11.7. The van der Waals surface area contributed by atoms with Crippen LogP contribution in [0.15, 0.2) is 12.1 Å². The van der Waals surface area contributed by atoms with Gasteiger partial charge in [-0.2, -0.15) is 0 Å². The number of amides is 1. The van der Waals surface area contributed by atoms with E-state index in [4.69, 9.17) is 19.9 Å². The average Bonchev–Trinajstić information content (AvgIpc) is 2.45. The summed E-state index contributed by atoms with van der Waals surface area (Å²) in [7, 11) is 4.59. The van der Waals surface area contributed by atoms with Crippen LogP contribution in [0.1, 0.15) is 25.5 Å². The molecule has 0 spiro atoms. The molecule has 0 saturated carbocycles. The molecule has 1 aromatic carbocycles. The molecule has 0 aliphatic rings. The molecule has 3 N–H and O–H groups in total. The number of benzene rings is 1. The highest BCUT2D eigenvalue weighted by atomic mass is 16.5. The van der Waals surface area contributed by atoms with Gasteiger partial charge >= 0.3 is 0 Å². The van der Waals surface area contributed by atoms with E-state index < -0.39 is 11.9 Å². The standard InChI is InChI=1S/C15H24N2O4/c1-9(2)8-17-13(15(16)18)10-6-11(19-3)14(21-5)12(7-10)20-4/h6-7,9,13,17H,8H2,1-5H3,(H2,16,18). The highest BCUT2D eigenvalue weighted by Crippen LogP contribution is 2.39. The number of hydrogen-bond donors (Lipinski definition) is 2. The first-order chi connectivity index (χ1) is 9.94. The van der Waals surface area contributed by atoms with E-state index in [1.54, 1.807) is 12.1 Å². The second-order valence-electron chi connectivity index (χ2n) is 5.10. The zero-order valence-corrected chi connectivity index (χ0v) is 13.2. The van der Waals surface area contributed by atoms with Crippen molar-refractivity contribution in [1.29, 1.82) is 0 Å². The van der Waals surface area contributed by atoms with E-state index >= 15 is 0 Å². The predicted molar refractivity (Wildman–Crippen MR) is 80.9 cm³/mol. The Morgan fingerprint density at radius 1 is 1.14 bits per heavy atom. The Kier molecular flexibility index (Phi) is 6.30. The number of hydrogen-bond acceptors (Lipinski definition) is 5. The van der Waals surface area contributed by atoms with Crippen LogP contribution in [-0.4, -0.2) is 33.8 Å². The summed E-state index contributed by atoms with van der Waals surface area (Å²) in [6, 6.07) is 2.84. The number of carbonyl (C=O) groups is 1. The first kappa shape index (κ1) is 17.1. The van der Waals surface area contributed by atoms with Crippen LogP contribution < -0.4 is 25.3 Å². The molecule has 0 heterocycles. The number of rotatable bonds is 8. The van der Waals surface area contributed by atoms with Crippen LogP contribution in [0.2, 0.25) is 0 Å². The Bertz CT molecular complexity index is 464. The quantitative estimate of drug-likeness (QED) is 0.759. The van der Waals surface area contributed by atoms with Crippen molar-refractivity contribution in [2.45, 2.75) is 19.9 Å². The SMILES string of the molecule is COc1cc(C(NCC(C)C)C(N)=O)cc(OC)c1OC. The zero-order valence-electron chi connectivity index (χ0n) is 13.2. The molecule has 1 rings (SSSR count). The van der Waals surface area contributed by atoms with Gasteiger partial charge in [-0.05, 0) is 30.2 Å². The minimum atomic E-state index is -0.610. The van der Waals surface area contributed by atoms with Crippen LogP contribution >= 0.6 is 0 Å². The Morgan fingerprint density at radius 2 is 1.67 bits per heavy atom. The Morgan fingerprint density at radius 3 is 2.00 bits per heavy atom.